The molecular weight excluding hydrogens is 484 g/mol. The average Bonchev–Trinajstić information content (AvgIpc) is 3.45. The molecule has 1 saturated heterocycles. The van der Waals surface area contributed by atoms with Crippen LogP contribution in [0.3, 0.4) is 0 Å². The van der Waals surface area contributed by atoms with Crippen molar-refractivity contribution in [1.29, 1.82) is 0 Å². The molecule has 7 nitrogen and oxygen atoms in total. The van der Waals surface area contributed by atoms with Gasteiger partial charge in [-0.1, -0.05) is 17.7 Å². The van der Waals surface area contributed by atoms with E-state index in [1.807, 2.05) is 12.1 Å². The number of hydrogen-bond acceptors (Lipinski definition) is 6. The Labute approximate surface area is 213 Å². The van der Waals surface area contributed by atoms with Gasteiger partial charge in [0.05, 0.1) is 27.5 Å². The summed E-state index contributed by atoms with van der Waals surface area (Å²) < 4.78 is 8.25. The topological polar surface area (TPSA) is 70.8 Å². The number of thiophene rings is 1. The van der Waals surface area contributed by atoms with E-state index in [0.717, 1.165) is 54.1 Å². The Bertz CT molecular complexity index is 1340. The van der Waals surface area contributed by atoms with E-state index in [1.165, 1.54) is 10.6 Å². The third kappa shape index (κ3) is 5.21. The molecule has 0 spiro atoms. The van der Waals surface area contributed by atoms with E-state index < -0.39 is 5.97 Å². The molecule has 4 aromatic rings. The number of nitrogens with zero attached hydrogens (tertiary/aromatic N) is 4. The second-order valence-corrected chi connectivity index (χ2v) is 10.4. The van der Waals surface area contributed by atoms with Crippen LogP contribution in [0.25, 0.3) is 16.7 Å². The SMILES string of the molecule is COCCc1nc2cc(C(=O)O)ccc2n1-c1cccc(N2CCN(Cc3ccc(Cl)s3)CC2)c1. The molecule has 0 radical (unpaired) electrons. The number of carbonyl (C=O) groups is 1. The number of benzene rings is 2. The molecule has 9 heteroatoms. The standard InChI is InChI=1S/C26H27ClN4O3S/c1-34-14-9-25-28-22-15-18(26(32)33)5-7-23(22)31(25)20-4-2-3-19(16-20)30-12-10-29(11-13-30)17-21-6-8-24(27)35-21/h2-8,15-16H,9-14,17H2,1H3,(H,32,33). The number of anilines is 1. The summed E-state index contributed by atoms with van der Waals surface area (Å²) in [7, 11) is 1.67. The van der Waals surface area contributed by atoms with Gasteiger partial charge in [-0.2, -0.15) is 0 Å². The fourth-order valence-electron chi connectivity index (χ4n) is 4.56. The summed E-state index contributed by atoms with van der Waals surface area (Å²) in [5.74, 6) is -0.107. The van der Waals surface area contributed by atoms with Crippen molar-refractivity contribution in [3.63, 3.8) is 0 Å². The first kappa shape index (κ1) is 23.8. The number of halogens is 1. The van der Waals surface area contributed by atoms with E-state index in [0.29, 0.717) is 18.5 Å². The Morgan fingerprint density at radius 1 is 1.09 bits per heavy atom. The van der Waals surface area contributed by atoms with Gasteiger partial charge in [0.25, 0.3) is 0 Å². The fraction of sp³-hybridized carbons (Fsp3) is 0.308. The van der Waals surface area contributed by atoms with E-state index in [9.17, 15) is 9.90 Å². The van der Waals surface area contributed by atoms with E-state index in [4.69, 9.17) is 21.3 Å². The van der Waals surface area contributed by atoms with Gasteiger partial charge in [0.1, 0.15) is 5.82 Å². The van der Waals surface area contributed by atoms with E-state index in [1.54, 1.807) is 30.6 Å². The molecule has 0 atom stereocenters. The molecule has 0 unspecified atom stereocenters. The number of carboxylic acids is 1. The predicted octanol–water partition coefficient (Wildman–Crippen LogP) is 4.95. The molecule has 35 heavy (non-hydrogen) atoms. The van der Waals surface area contributed by atoms with Crippen molar-refractivity contribution in [3.8, 4) is 5.69 Å². The molecule has 182 valence electrons. The van der Waals surface area contributed by atoms with Gasteiger partial charge >= 0.3 is 5.97 Å². The van der Waals surface area contributed by atoms with Gasteiger partial charge in [-0.3, -0.25) is 9.47 Å². The molecular formula is C26H27ClN4O3S. The molecule has 5 rings (SSSR count). The minimum atomic E-state index is -0.955. The molecule has 1 fully saturated rings. The Kier molecular flexibility index (Phi) is 7.06. The van der Waals surface area contributed by atoms with Gasteiger partial charge in [-0.25, -0.2) is 9.78 Å². The number of fused-ring (bicyclic) bond motifs is 1. The van der Waals surface area contributed by atoms with Gasteiger partial charge in [0, 0.05) is 62.5 Å². The Balaban J connectivity index is 1.39. The number of imidazole rings is 1. The van der Waals surface area contributed by atoms with Crippen LogP contribution >= 0.6 is 22.9 Å². The van der Waals surface area contributed by atoms with Crippen molar-refractivity contribution < 1.29 is 14.6 Å². The van der Waals surface area contributed by atoms with Crippen molar-refractivity contribution in [2.75, 3.05) is 44.8 Å². The number of rotatable bonds is 8. The lowest BCUT2D eigenvalue weighted by Crippen LogP contribution is -2.45. The Hall–Kier alpha value is -2.91. The zero-order chi connectivity index (χ0) is 24.4. The van der Waals surface area contributed by atoms with Crippen molar-refractivity contribution >= 4 is 45.6 Å². The summed E-state index contributed by atoms with van der Waals surface area (Å²) in [6.07, 6.45) is 0.628. The van der Waals surface area contributed by atoms with Crippen LogP contribution < -0.4 is 4.90 Å². The smallest absolute Gasteiger partial charge is 0.335 e. The number of aromatic nitrogens is 2. The summed E-state index contributed by atoms with van der Waals surface area (Å²) in [6.45, 7) is 5.35. The monoisotopic (exact) mass is 510 g/mol. The highest BCUT2D eigenvalue weighted by Crippen LogP contribution is 2.28. The predicted molar refractivity (Wildman–Crippen MR) is 140 cm³/mol. The van der Waals surface area contributed by atoms with Crippen LogP contribution in [-0.2, 0) is 17.7 Å². The maximum absolute atomic E-state index is 11.5. The van der Waals surface area contributed by atoms with Gasteiger partial charge < -0.3 is 14.7 Å². The number of ether oxygens (including phenoxy) is 1. The number of hydrogen-bond donors (Lipinski definition) is 1. The first-order valence-corrected chi connectivity index (χ1v) is 12.8. The highest BCUT2D eigenvalue weighted by Gasteiger charge is 2.20. The highest BCUT2D eigenvalue weighted by molar-refractivity contribution is 7.16. The molecule has 1 N–H and O–H groups in total. The fourth-order valence-corrected chi connectivity index (χ4v) is 5.69. The molecule has 1 aliphatic rings. The van der Waals surface area contributed by atoms with Crippen LogP contribution in [0, 0.1) is 0 Å². The molecule has 1 aliphatic heterocycles. The molecule has 2 aromatic carbocycles. The summed E-state index contributed by atoms with van der Waals surface area (Å²) in [5.41, 5.74) is 3.97. The van der Waals surface area contributed by atoms with Crippen LogP contribution in [0.2, 0.25) is 4.34 Å². The normalized spacial score (nSPS) is 14.6. The van der Waals surface area contributed by atoms with Gasteiger partial charge in [0.15, 0.2) is 0 Å². The van der Waals surface area contributed by atoms with Gasteiger partial charge in [-0.15, -0.1) is 11.3 Å². The highest BCUT2D eigenvalue weighted by atomic mass is 35.5. The summed E-state index contributed by atoms with van der Waals surface area (Å²) >= 11 is 7.74. The Morgan fingerprint density at radius 3 is 2.60 bits per heavy atom. The molecule has 0 amide bonds. The van der Waals surface area contributed by atoms with E-state index in [-0.39, 0.29) is 5.56 Å². The minimum Gasteiger partial charge on any atom is -0.478 e. The number of aromatic carboxylic acids is 1. The summed E-state index contributed by atoms with van der Waals surface area (Å²) in [4.78, 5) is 22.4. The lowest BCUT2D eigenvalue weighted by molar-refractivity contribution is 0.0697. The molecule has 0 aliphatic carbocycles. The first-order valence-electron chi connectivity index (χ1n) is 11.6. The third-order valence-corrected chi connectivity index (χ3v) is 7.55. The maximum Gasteiger partial charge on any atom is 0.335 e. The molecule has 2 aromatic heterocycles. The van der Waals surface area contributed by atoms with Gasteiger partial charge in [0.2, 0.25) is 0 Å². The van der Waals surface area contributed by atoms with Crippen LogP contribution in [0.4, 0.5) is 5.69 Å². The molecule has 0 bridgehead atoms. The zero-order valence-corrected chi connectivity index (χ0v) is 21.1. The minimum absolute atomic E-state index is 0.233. The second kappa shape index (κ2) is 10.4. The lowest BCUT2D eigenvalue weighted by atomic mass is 10.2. The molecule has 0 saturated carbocycles. The third-order valence-electron chi connectivity index (χ3n) is 6.33. The maximum atomic E-state index is 11.5. The second-order valence-electron chi connectivity index (χ2n) is 8.60. The number of carboxylic acid groups (broad SMARTS) is 1. The van der Waals surface area contributed by atoms with Crippen molar-refractivity contribution in [3.05, 3.63) is 75.2 Å². The summed E-state index contributed by atoms with van der Waals surface area (Å²) in [6, 6.07) is 17.7. The van der Waals surface area contributed by atoms with Gasteiger partial charge in [-0.05, 0) is 48.5 Å². The van der Waals surface area contributed by atoms with Crippen LogP contribution in [0.5, 0.6) is 0 Å². The van der Waals surface area contributed by atoms with E-state index in [2.05, 4.69) is 44.7 Å². The quantitative estimate of drug-likeness (QED) is 0.361. The van der Waals surface area contributed by atoms with E-state index >= 15 is 0 Å². The number of methoxy groups -OCH3 is 1. The summed E-state index contributed by atoms with van der Waals surface area (Å²) in [5, 5.41) is 9.39. The van der Waals surface area contributed by atoms with Crippen molar-refractivity contribution in [2.45, 2.75) is 13.0 Å². The van der Waals surface area contributed by atoms with Crippen LogP contribution in [0.15, 0.2) is 54.6 Å². The molecule has 3 heterocycles. The zero-order valence-electron chi connectivity index (χ0n) is 19.5. The average molecular weight is 511 g/mol. The first-order chi connectivity index (χ1) is 17.0. The Morgan fingerprint density at radius 2 is 1.89 bits per heavy atom. The van der Waals surface area contributed by atoms with Crippen molar-refractivity contribution in [2.24, 2.45) is 0 Å². The lowest BCUT2D eigenvalue weighted by Gasteiger charge is -2.36. The van der Waals surface area contributed by atoms with Crippen LogP contribution in [-0.4, -0.2) is 65.4 Å². The van der Waals surface area contributed by atoms with Crippen molar-refractivity contribution in [1.82, 2.24) is 14.5 Å². The number of piperazine rings is 1. The van der Waals surface area contributed by atoms with Crippen LogP contribution in [0.1, 0.15) is 21.1 Å². The largest absolute Gasteiger partial charge is 0.478 e.